The van der Waals surface area contributed by atoms with Crippen molar-refractivity contribution in [2.45, 2.75) is 32.7 Å². The largest absolute Gasteiger partial charge is 0.481 e. The lowest BCUT2D eigenvalue weighted by Gasteiger charge is -2.17. The monoisotopic (exact) mass is 334 g/mol. The molecule has 0 rings (SSSR count). The van der Waals surface area contributed by atoms with Crippen LogP contribution in [0.3, 0.4) is 0 Å². The zero-order valence-electron chi connectivity index (χ0n) is 12.6. The van der Waals surface area contributed by atoms with E-state index in [1.807, 2.05) is 6.92 Å². The van der Waals surface area contributed by atoms with Crippen molar-refractivity contribution in [3.8, 4) is 0 Å². The minimum absolute atomic E-state index is 0.00698. The number of aliphatic carboxylic acids is 2. The summed E-state index contributed by atoms with van der Waals surface area (Å²) in [5.74, 6) is -2.73. The maximum atomic E-state index is 11.8. The molecule has 0 heterocycles. The van der Waals surface area contributed by atoms with Crippen LogP contribution in [0, 0.1) is 5.92 Å². The van der Waals surface area contributed by atoms with Crippen LogP contribution in [0.4, 0.5) is 0 Å². The third kappa shape index (κ3) is 9.22. The number of hydrogen-bond acceptors (Lipinski definition) is 5. The molecule has 0 bridgehead atoms. The van der Waals surface area contributed by atoms with E-state index in [-0.39, 0.29) is 12.8 Å². The van der Waals surface area contributed by atoms with Gasteiger partial charge in [0.15, 0.2) is 0 Å². The third-order valence-corrected chi connectivity index (χ3v) is 3.76. The fourth-order valence-corrected chi connectivity index (χ4v) is 2.15. The first-order chi connectivity index (χ1) is 10.3. The molecule has 22 heavy (non-hydrogen) atoms. The van der Waals surface area contributed by atoms with Crippen molar-refractivity contribution < 1.29 is 29.4 Å². The molecule has 0 aliphatic rings. The molecule has 0 aromatic carbocycles. The topological polar surface area (TPSA) is 133 Å². The van der Waals surface area contributed by atoms with Crippen molar-refractivity contribution in [3.05, 3.63) is 0 Å². The number of carbonyl (C=O) groups is 4. The van der Waals surface area contributed by atoms with E-state index in [1.165, 1.54) is 18.7 Å². The Balaban J connectivity index is 4.43. The quantitative estimate of drug-likeness (QED) is 0.415. The Kier molecular flexibility index (Phi) is 10.0. The zero-order valence-corrected chi connectivity index (χ0v) is 13.4. The van der Waals surface area contributed by atoms with Gasteiger partial charge >= 0.3 is 11.9 Å². The fraction of sp³-hybridized carbons (Fsp3) is 0.692. The second kappa shape index (κ2) is 10.9. The fourth-order valence-electron chi connectivity index (χ4n) is 1.44. The van der Waals surface area contributed by atoms with E-state index in [9.17, 15) is 19.2 Å². The van der Waals surface area contributed by atoms with E-state index < -0.39 is 42.3 Å². The summed E-state index contributed by atoms with van der Waals surface area (Å²) in [7, 11) is 0. The summed E-state index contributed by atoms with van der Waals surface area (Å²) in [4.78, 5) is 44.7. The minimum atomic E-state index is -1.17. The van der Waals surface area contributed by atoms with Gasteiger partial charge in [-0.15, -0.1) is 0 Å². The van der Waals surface area contributed by atoms with E-state index in [1.54, 1.807) is 0 Å². The molecule has 0 fully saturated rings. The predicted molar refractivity (Wildman–Crippen MR) is 81.6 cm³/mol. The lowest BCUT2D eigenvalue weighted by Crippen LogP contribution is -2.49. The molecular weight excluding hydrogens is 312 g/mol. The molecule has 0 saturated heterocycles. The summed E-state index contributed by atoms with van der Waals surface area (Å²) in [6.45, 7) is 2.88. The van der Waals surface area contributed by atoms with Crippen molar-refractivity contribution in [1.29, 1.82) is 0 Å². The molecule has 2 atom stereocenters. The highest BCUT2D eigenvalue weighted by atomic mass is 32.2. The van der Waals surface area contributed by atoms with Crippen molar-refractivity contribution in [1.82, 2.24) is 10.6 Å². The highest BCUT2D eigenvalue weighted by Gasteiger charge is 2.21. The van der Waals surface area contributed by atoms with E-state index in [4.69, 9.17) is 10.2 Å². The van der Waals surface area contributed by atoms with Crippen LogP contribution < -0.4 is 10.6 Å². The molecule has 0 radical (unpaired) electrons. The zero-order chi connectivity index (χ0) is 17.1. The van der Waals surface area contributed by atoms with Gasteiger partial charge in [-0.2, -0.15) is 11.8 Å². The second-order valence-electron chi connectivity index (χ2n) is 4.67. The summed E-state index contributed by atoms with van der Waals surface area (Å²) in [5, 5.41) is 22.0. The number of amides is 2. The number of rotatable bonds is 11. The third-order valence-electron chi connectivity index (χ3n) is 2.78. The average Bonchev–Trinajstić information content (AvgIpc) is 2.46. The second-order valence-corrected chi connectivity index (χ2v) is 5.99. The number of thioether (sulfide) groups is 1. The Morgan fingerprint density at radius 3 is 2.32 bits per heavy atom. The van der Waals surface area contributed by atoms with Gasteiger partial charge in [0.1, 0.15) is 12.6 Å². The van der Waals surface area contributed by atoms with Gasteiger partial charge in [0.05, 0.1) is 5.92 Å². The van der Waals surface area contributed by atoms with E-state index in [2.05, 4.69) is 10.6 Å². The first-order valence-corrected chi connectivity index (χ1v) is 8.02. The number of hydrogen-bond donors (Lipinski definition) is 4. The molecule has 126 valence electrons. The summed E-state index contributed by atoms with van der Waals surface area (Å²) >= 11 is 1.43. The van der Waals surface area contributed by atoms with Gasteiger partial charge in [-0.3, -0.25) is 19.2 Å². The van der Waals surface area contributed by atoms with Crippen LogP contribution in [0.2, 0.25) is 0 Å². The molecule has 0 aliphatic heterocycles. The van der Waals surface area contributed by atoms with Crippen LogP contribution >= 0.6 is 11.8 Å². The molecule has 0 saturated carbocycles. The summed E-state index contributed by atoms with van der Waals surface area (Å²) < 4.78 is 0. The maximum Gasteiger partial charge on any atom is 0.322 e. The lowest BCUT2D eigenvalue weighted by atomic mass is 10.1. The van der Waals surface area contributed by atoms with Crippen LogP contribution in [-0.4, -0.2) is 58.1 Å². The smallest absolute Gasteiger partial charge is 0.322 e. The van der Waals surface area contributed by atoms with Gasteiger partial charge in [-0.05, 0) is 12.2 Å². The number of carboxylic acids is 2. The molecule has 9 heteroatoms. The molecule has 2 amide bonds. The summed E-state index contributed by atoms with van der Waals surface area (Å²) in [5.41, 5.74) is 0. The van der Waals surface area contributed by atoms with Crippen LogP contribution in [0.15, 0.2) is 0 Å². The highest BCUT2D eigenvalue weighted by molar-refractivity contribution is 7.99. The van der Waals surface area contributed by atoms with E-state index in [0.29, 0.717) is 5.75 Å². The Bertz CT molecular complexity index is 415. The standard InChI is InChI=1S/C13H22N2O6S/c1-3-22-7-9(12(19)14-6-11(17)18)15-10(16)5-4-8(2)13(20)21/h8-9H,3-7H2,1-2H3,(H,14,19)(H,15,16)(H,17,18)(H,20,21). The summed E-state index contributed by atoms with van der Waals surface area (Å²) in [6, 6.07) is -0.836. The average molecular weight is 334 g/mol. The highest BCUT2D eigenvalue weighted by Crippen LogP contribution is 2.07. The van der Waals surface area contributed by atoms with Crippen molar-refractivity contribution in [2.24, 2.45) is 5.92 Å². The van der Waals surface area contributed by atoms with E-state index in [0.717, 1.165) is 5.75 Å². The number of carbonyl (C=O) groups excluding carboxylic acids is 2. The van der Waals surface area contributed by atoms with Gasteiger partial charge in [0.2, 0.25) is 11.8 Å². The van der Waals surface area contributed by atoms with Crippen molar-refractivity contribution in [2.75, 3.05) is 18.1 Å². The first kappa shape index (κ1) is 20.2. The first-order valence-electron chi connectivity index (χ1n) is 6.87. The van der Waals surface area contributed by atoms with Gasteiger partial charge in [0.25, 0.3) is 0 Å². The van der Waals surface area contributed by atoms with Crippen molar-refractivity contribution in [3.63, 3.8) is 0 Å². The Labute approximate surface area is 133 Å². The van der Waals surface area contributed by atoms with Crippen LogP contribution in [0.25, 0.3) is 0 Å². The molecule has 2 unspecified atom stereocenters. The number of carboxylic acid groups (broad SMARTS) is 2. The van der Waals surface area contributed by atoms with Gasteiger partial charge in [0, 0.05) is 12.2 Å². The molecule has 0 aliphatic carbocycles. The Morgan fingerprint density at radius 1 is 1.18 bits per heavy atom. The van der Waals surface area contributed by atoms with Crippen molar-refractivity contribution >= 4 is 35.5 Å². The number of nitrogens with one attached hydrogen (secondary N) is 2. The Morgan fingerprint density at radius 2 is 1.82 bits per heavy atom. The van der Waals surface area contributed by atoms with Gasteiger partial charge in [-0.25, -0.2) is 0 Å². The minimum Gasteiger partial charge on any atom is -0.481 e. The molecule has 4 N–H and O–H groups in total. The lowest BCUT2D eigenvalue weighted by molar-refractivity contribution is -0.141. The van der Waals surface area contributed by atoms with Crippen LogP contribution in [0.5, 0.6) is 0 Å². The normalized spacial score (nSPS) is 13.0. The van der Waals surface area contributed by atoms with E-state index >= 15 is 0 Å². The van der Waals surface area contributed by atoms with Crippen LogP contribution in [-0.2, 0) is 19.2 Å². The molecule has 8 nitrogen and oxygen atoms in total. The molecule has 0 spiro atoms. The molecule has 0 aromatic heterocycles. The predicted octanol–water partition coefficient (Wildman–Crippen LogP) is -0.0740. The van der Waals surface area contributed by atoms with Crippen LogP contribution in [0.1, 0.15) is 26.7 Å². The maximum absolute atomic E-state index is 11.8. The molecule has 0 aromatic rings. The van der Waals surface area contributed by atoms with Gasteiger partial charge < -0.3 is 20.8 Å². The summed E-state index contributed by atoms with van der Waals surface area (Å²) in [6.07, 6.45) is 0.165. The Hall–Kier alpha value is -1.77. The van der Waals surface area contributed by atoms with Gasteiger partial charge in [-0.1, -0.05) is 13.8 Å². The molecular formula is C13H22N2O6S. The SMILES string of the molecule is CCSCC(NC(=O)CCC(C)C(=O)O)C(=O)NCC(=O)O.